The molecule has 2 rings (SSSR count). The van der Waals surface area contributed by atoms with E-state index in [2.05, 4.69) is 33.8 Å². The van der Waals surface area contributed by atoms with Crippen LogP contribution in [0.25, 0.3) is 0 Å². The van der Waals surface area contributed by atoms with E-state index in [0.29, 0.717) is 31.0 Å². The summed E-state index contributed by atoms with van der Waals surface area (Å²) in [7, 11) is 0. The fourth-order valence-electron chi connectivity index (χ4n) is 4.40. The van der Waals surface area contributed by atoms with Crippen molar-refractivity contribution in [2.75, 3.05) is 6.54 Å². The van der Waals surface area contributed by atoms with Gasteiger partial charge in [-0.1, -0.05) is 37.1 Å². The van der Waals surface area contributed by atoms with E-state index in [1.807, 2.05) is 59.8 Å². The Labute approximate surface area is 227 Å². The zero-order valence-electron chi connectivity index (χ0n) is 23.7. The lowest BCUT2D eigenvalue weighted by atomic mass is 9.78. The highest BCUT2D eigenvalue weighted by Gasteiger charge is 2.34. The first-order chi connectivity index (χ1) is 18.0. The van der Waals surface area contributed by atoms with Crippen LogP contribution in [-0.4, -0.2) is 35.9 Å². The summed E-state index contributed by atoms with van der Waals surface area (Å²) in [6.45, 7) is 20.2. The van der Waals surface area contributed by atoms with Gasteiger partial charge >= 0.3 is 0 Å². The van der Waals surface area contributed by atoms with E-state index in [1.165, 1.54) is 0 Å². The molecule has 8 heteroatoms. The maximum Gasteiger partial charge on any atom is 0.228 e. The van der Waals surface area contributed by atoms with Gasteiger partial charge in [0.2, 0.25) is 11.8 Å². The Kier molecular flexibility index (Phi) is 11.5. The largest absolute Gasteiger partial charge is 0.470 e. The van der Waals surface area contributed by atoms with Gasteiger partial charge in [0.05, 0.1) is 23.7 Å². The van der Waals surface area contributed by atoms with Gasteiger partial charge < -0.3 is 21.1 Å². The van der Waals surface area contributed by atoms with Gasteiger partial charge in [0.15, 0.2) is 5.88 Å². The van der Waals surface area contributed by atoms with Gasteiger partial charge in [0.25, 0.3) is 0 Å². The number of carbonyl (C=O) groups is 2. The number of nitrogens with one attached hydrogen (secondary N) is 2. The SMILES string of the molecule is C=C(NC1=C(C(=C)/C=C\C(NC(=O)[C@H]2CCCC[C@@H]2C(N)=O)=C(C)C)CN=C1C)O[C@H](C)/C(C)=N/C=C\C. The summed E-state index contributed by atoms with van der Waals surface area (Å²) in [5.74, 6) is -1.01. The standard InChI is InChI=1S/C30H43N5O3/c1-9-16-32-20(5)22(7)38-23(8)34-28-21(6)33-17-26(28)19(4)14-15-27(18(2)3)35-30(37)25-13-11-10-12-24(25)29(31)36/h9,14-16,22,24-25,34H,4,8,10-13,17H2,1-3,5-7H3,(H2,31,36)(H,35,37)/b15-14-,16-9-,32-20+/t22-,24+,25+/m1/s1. The number of aliphatic imine (C=N–C) groups is 2. The van der Waals surface area contributed by atoms with Crippen molar-refractivity contribution in [3.8, 4) is 0 Å². The third-order valence-corrected chi connectivity index (χ3v) is 6.84. The molecule has 206 valence electrons. The molecule has 0 spiro atoms. The van der Waals surface area contributed by atoms with E-state index in [-0.39, 0.29) is 12.0 Å². The van der Waals surface area contributed by atoms with Gasteiger partial charge in [-0.2, -0.15) is 0 Å². The zero-order chi connectivity index (χ0) is 28.4. The molecule has 0 radical (unpaired) electrons. The van der Waals surface area contributed by atoms with Crippen LogP contribution in [0.3, 0.4) is 0 Å². The van der Waals surface area contributed by atoms with Crippen molar-refractivity contribution in [3.63, 3.8) is 0 Å². The molecule has 8 nitrogen and oxygen atoms in total. The number of ether oxygens (including phenoxy) is 1. The van der Waals surface area contributed by atoms with Crippen molar-refractivity contribution in [3.05, 3.63) is 71.6 Å². The van der Waals surface area contributed by atoms with Crippen LogP contribution in [0.2, 0.25) is 0 Å². The van der Waals surface area contributed by atoms with E-state index in [9.17, 15) is 9.59 Å². The fourth-order valence-corrected chi connectivity index (χ4v) is 4.40. The molecule has 1 fully saturated rings. The third kappa shape index (κ3) is 8.43. The second-order valence-corrected chi connectivity index (χ2v) is 9.98. The number of allylic oxidation sites excluding steroid dienone is 5. The number of hydrogen-bond donors (Lipinski definition) is 3. The van der Waals surface area contributed by atoms with Crippen molar-refractivity contribution >= 4 is 23.2 Å². The lowest BCUT2D eigenvalue weighted by Gasteiger charge is -2.28. The molecular formula is C30H43N5O3. The average Bonchev–Trinajstić information content (AvgIpc) is 3.23. The summed E-state index contributed by atoms with van der Waals surface area (Å²) in [6.07, 6.45) is 10.2. The van der Waals surface area contributed by atoms with E-state index in [0.717, 1.165) is 46.7 Å². The first-order valence-corrected chi connectivity index (χ1v) is 13.1. The minimum atomic E-state index is -0.422. The van der Waals surface area contributed by atoms with Gasteiger partial charge in [0, 0.05) is 29.3 Å². The predicted octanol–water partition coefficient (Wildman–Crippen LogP) is 4.99. The Morgan fingerprint density at radius 1 is 1.16 bits per heavy atom. The number of amides is 2. The van der Waals surface area contributed by atoms with Crippen molar-refractivity contribution < 1.29 is 14.3 Å². The van der Waals surface area contributed by atoms with Crippen LogP contribution in [0.5, 0.6) is 0 Å². The van der Waals surface area contributed by atoms with Crippen LogP contribution in [0.15, 0.2) is 81.6 Å². The molecule has 0 aromatic heterocycles. The molecule has 38 heavy (non-hydrogen) atoms. The molecule has 2 amide bonds. The lowest BCUT2D eigenvalue weighted by molar-refractivity contribution is -0.134. The molecule has 1 aliphatic heterocycles. The van der Waals surface area contributed by atoms with Crippen LogP contribution in [-0.2, 0) is 14.3 Å². The molecule has 0 saturated heterocycles. The summed E-state index contributed by atoms with van der Waals surface area (Å²) in [5, 5.41) is 6.25. The van der Waals surface area contributed by atoms with Crippen LogP contribution >= 0.6 is 0 Å². The highest BCUT2D eigenvalue weighted by molar-refractivity contribution is 6.01. The summed E-state index contributed by atoms with van der Waals surface area (Å²) < 4.78 is 5.91. The van der Waals surface area contributed by atoms with Crippen molar-refractivity contribution in [1.82, 2.24) is 10.6 Å². The Morgan fingerprint density at radius 2 is 1.82 bits per heavy atom. The van der Waals surface area contributed by atoms with Crippen molar-refractivity contribution in [2.45, 2.75) is 73.3 Å². The van der Waals surface area contributed by atoms with Crippen LogP contribution in [0.4, 0.5) is 0 Å². The van der Waals surface area contributed by atoms with Gasteiger partial charge in [-0.15, -0.1) is 0 Å². The number of hydrogen-bond acceptors (Lipinski definition) is 6. The molecule has 0 unspecified atom stereocenters. The third-order valence-electron chi connectivity index (χ3n) is 6.84. The molecule has 0 bridgehead atoms. The smallest absolute Gasteiger partial charge is 0.228 e. The number of nitrogens with zero attached hydrogens (tertiary/aromatic N) is 2. The minimum Gasteiger partial charge on any atom is -0.470 e. The average molecular weight is 522 g/mol. The number of nitrogens with two attached hydrogens (primary N) is 1. The summed E-state index contributed by atoms with van der Waals surface area (Å²) in [6, 6.07) is 0. The van der Waals surface area contributed by atoms with Gasteiger partial charge in [-0.25, -0.2) is 0 Å². The maximum absolute atomic E-state index is 13.1. The van der Waals surface area contributed by atoms with Crippen LogP contribution in [0.1, 0.15) is 67.2 Å². The Morgan fingerprint density at radius 3 is 2.42 bits per heavy atom. The van der Waals surface area contributed by atoms with Crippen LogP contribution < -0.4 is 16.4 Å². The van der Waals surface area contributed by atoms with E-state index < -0.39 is 17.7 Å². The Bertz CT molecular complexity index is 1130. The first-order valence-electron chi connectivity index (χ1n) is 13.1. The Balaban J connectivity index is 2.13. The number of carbonyl (C=O) groups excluding carboxylic acids is 2. The number of primary amides is 1. The molecule has 1 aliphatic carbocycles. The fraction of sp³-hybridized carbons (Fsp3) is 0.467. The summed E-state index contributed by atoms with van der Waals surface area (Å²) in [4.78, 5) is 33.8. The second kappa shape index (κ2) is 14.3. The maximum atomic E-state index is 13.1. The minimum absolute atomic E-state index is 0.169. The normalized spacial score (nSPS) is 20.8. The molecule has 1 saturated carbocycles. The van der Waals surface area contributed by atoms with Crippen molar-refractivity contribution in [1.29, 1.82) is 0 Å². The lowest BCUT2D eigenvalue weighted by Crippen LogP contribution is -2.41. The summed E-state index contributed by atoms with van der Waals surface area (Å²) >= 11 is 0. The van der Waals surface area contributed by atoms with Gasteiger partial charge in [-0.05, 0) is 72.6 Å². The predicted molar refractivity (Wildman–Crippen MR) is 155 cm³/mol. The second-order valence-electron chi connectivity index (χ2n) is 9.98. The molecule has 0 aromatic rings. The first kappa shape index (κ1) is 30.5. The quantitative estimate of drug-likeness (QED) is 0.190. The molecular weight excluding hydrogens is 478 g/mol. The topological polar surface area (TPSA) is 118 Å². The molecule has 4 N–H and O–H groups in total. The monoisotopic (exact) mass is 521 g/mol. The molecule has 2 aliphatic rings. The van der Waals surface area contributed by atoms with E-state index in [1.54, 1.807) is 6.20 Å². The zero-order valence-corrected chi connectivity index (χ0v) is 23.7. The molecule has 3 atom stereocenters. The highest BCUT2D eigenvalue weighted by atomic mass is 16.5. The molecule has 0 aromatic carbocycles. The highest BCUT2D eigenvalue weighted by Crippen LogP contribution is 2.30. The molecule has 1 heterocycles. The van der Waals surface area contributed by atoms with E-state index in [4.69, 9.17) is 10.5 Å². The van der Waals surface area contributed by atoms with E-state index >= 15 is 0 Å². The van der Waals surface area contributed by atoms with Crippen LogP contribution in [0, 0.1) is 11.8 Å². The Hall–Kier alpha value is -3.68. The summed E-state index contributed by atoms with van der Waals surface area (Å²) in [5.41, 5.74) is 11.3. The van der Waals surface area contributed by atoms with Gasteiger partial charge in [0.1, 0.15) is 6.10 Å². The van der Waals surface area contributed by atoms with Gasteiger partial charge in [-0.3, -0.25) is 19.6 Å². The number of rotatable bonds is 12. The van der Waals surface area contributed by atoms with Crippen molar-refractivity contribution in [2.24, 2.45) is 27.6 Å².